The van der Waals surface area contributed by atoms with Crippen molar-refractivity contribution in [2.45, 2.75) is 51.7 Å². The highest BCUT2D eigenvalue weighted by Crippen LogP contribution is 2.32. The zero-order valence-electron chi connectivity index (χ0n) is 10.9. The number of alkyl carbamates (subject to hydrolysis) is 1. The van der Waals surface area contributed by atoms with Gasteiger partial charge in [0.1, 0.15) is 5.60 Å². The van der Waals surface area contributed by atoms with Gasteiger partial charge in [0.15, 0.2) is 0 Å². The first-order chi connectivity index (χ1) is 8.33. The average Bonchev–Trinajstić information content (AvgIpc) is 2.53. The maximum Gasteiger partial charge on any atom is 0.407 e. The molecule has 0 saturated heterocycles. The number of halogens is 1. The fraction of sp³-hybridized carbons (Fsp3) is 0.615. The van der Waals surface area contributed by atoms with Crippen LogP contribution in [0.1, 0.15) is 37.6 Å². The van der Waals surface area contributed by atoms with E-state index in [9.17, 15) is 4.79 Å². The highest BCUT2D eigenvalue weighted by molar-refractivity contribution is 7.16. The van der Waals surface area contributed by atoms with Crippen LogP contribution in [0.4, 0.5) is 4.79 Å². The van der Waals surface area contributed by atoms with E-state index in [2.05, 4.69) is 5.32 Å². The number of carbonyl (C=O) groups excluding carboxylic acids is 1. The summed E-state index contributed by atoms with van der Waals surface area (Å²) >= 11 is 7.64. The Bertz CT molecular complexity index is 450. The minimum atomic E-state index is -0.449. The monoisotopic (exact) mass is 287 g/mol. The zero-order chi connectivity index (χ0) is 13.3. The van der Waals surface area contributed by atoms with Crippen LogP contribution in [0, 0.1) is 0 Å². The number of nitrogens with one attached hydrogen (secondary N) is 1. The molecule has 0 radical (unpaired) electrons. The van der Waals surface area contributed by atoms with Gasteiger partial charge >= 0.3 is 6.09 Å². The molecule has 0 saturated carbocycles. The Morgan fingerprint density at radius 3 is 2.94 bits per heavy atom. The largest absolute Gasteiger partial charge is 0.444 e. The molecular weight excluding hydrogens is 270 g/mol. The van der Waals surface area contributed by atoms with E-state index < -0.39 is 5.60 Å². The van der Waals surface area contributed by atoms with Crippen LogP contribution in [-0.4, -0.2) is 17.7 Å². The Kier molecular flexibility index (Phi) is 3.87. The van der Waals surface area contributed by atoms with Crippen molar-refractivity contribution in [2.75, 3.05) is 0 Å². The number of hydrogen-bond acceptors (Lipinski definition) is 3. The molecule has 2 rings (SSSR count). The van der Waals surface area contributed by atoms with E-state index in [0.717, 1.165) is 23.6 Å². The lowest BCUT2D eigenvalue weighted by Crippen LogP contribution is -2.41. The van der Waals surface area contributed by atoms with E-state index in [1.165, 1.54) is 10.4 Å². The second-order valence-corrected chi connectivity index (χ2v) is 7.35. The van der Waals surface area contributed by atoms with Crippen LogP contribution in [0.3, 0.4) is 0 Å². The Hall–Kier alpha value is -0.740. The summed E-state index contributed by atoms with van der Waals surface area (Å²) in [5, 5.41) is 2.93. The molecule has 3 nitrogen and oxygen atoms in total. The van der Waals surface area contributed by atoms with Gasteiger partial charge in [0.2, 0.25) is 0 Å². The molecule has 0 fully saturated rings. The summed E-state index contributed by atoms with van der Waals surface area (Å²) in [6.45, 7) is 5.60. The highest BCUT2D eigenvalue weighted by Gasteiger charge is 2.24. The summed E-state index contributed by atoms with van der Waals surface area (Å²) in [7, 11) is 0. The summed E-state index contributed by atoms with van der Waals surface area (Å²) in [5.41, 5.74) is 0.813. The normalized spacial score (nSPS) is 19.2. The maximum absolute atomic E-state index is 11.7. The van der Waals surface area contributed by atoms with E-state index in [1.54, 1.807) is 11.3 Å². The molecule has 0 bridgehead atoms. The third kappa shape index (κ3) is 3.62. The van der Waals surface area contributed by atoms with E-state index in [1.807, 2.05) is 26.8 Å². The van der Waals surface area contributed by atoms with Gasteiger partial charge in [0.05, 0.1) is 4.34 Å². The van der Waals surface area contributed by atoms with Crippen molar-refractivity contribution in [3.63, 3.8) is 0 Å². The summed E-state index contributed by atoms with van der Waals surface area (Å²) < 4.78 is 6.09. The fourth-order valence-corrected chi connectivity index (χ4v) is 3.43. The van der Waals surface area contributed by atoms with E-state index in [0.29, 0.717) is 0 Å². The van der Waals surface area contributed by atoms with Crippen molar-refractivity contribution in [1.82, 2.24) is 5.32 Å². The van der Waals surface area contributed by atoms with Crippen LogP contribution < -0.4 is 5.32 Å². The Balaban J connectivity index is 1.91. The third-order valence-corrected chi connectivity index (χ3v) is 4.14. The summed E-state index contributed by atoms with van der Waals surface area (Å²) in [5.74, 6) is 0. The second kappa shape index (κ2) is 5.10. The molecule has 1 aliphatic rings. The highest BCUT2D eigenvalue weighted by atomic mass is 35.5. The number of ether oxygens (including phenoxy) is 1. The van der Waals surface area contributed by atoms with Crippen molar-refractivity contribution < 1.29 is 9.53 Å². The maximum atomic E-state index is 11.7. The lowest BCUT2D eigenvalue weighted by Gasteiger charge is -2.26. The molecule has 0 spiro atoms. The van der Waals surface area contributed by atoms with Gasteiger partial charge < -0.3 is 10.1 Å². The topological polar surface area (TPSA) is 38.3 Å². The van der Waals surface area contributed by atoms with Gasteiger partial charge in [-0.2, -0.15) is 0 Å². The molecule has 100 valence electrons. The molecule has 1 amide bonds. The van der Waals surface area contributed by atoms with Gasteiger partial charge in [0.25, 0.3) is 0 Å². The van der Waals surface area contributed by atoms with Crippen LogP contribution in [-0.2, 0) is 17.6 Å². The van der Waals surface area contributed by atoms with Crippen LogP contribution in [0.2, 0.25) is 4.34 Å². The number of aryl methyl sites for hydroxylation is 1. The zero-order valence-corrected chi connectivity index (χ0v) is 12.5. The predicted octanol–water partition coefficient (Wildman–Crippen LogP) is 3.78. The molecule has 18 heavy (non-hydrogen) atoms. The van der Waals surface area contributed by atoms with Crippen molar-refractivity contribution in [2.24, 2.45) is 0 Å². The number of hydrogen-bond donors (Lipinski definition) is 1. The quantitative estimate of drug-likeness (QED) is 0.853. The van der Waals surface area contributed by atoms with Gasteiger partial charge in [0, 0.05) is 10.9 Å². The molecular formula is C13H18ClNO2S. The molecule has 1 aromatic rings. The summed E-state index contributed by atoms with van der Waals surface area (Å²) in [6, 6.07) is 2.16. The first kappa shape index (κ1) is 13.7. The van der Waals surface area contributed by atoms with Crippen molar-refractivity contribution >= 4 is 29.0 Å². The number of rotatable bonds is 1. The number of fused-ring (bicyclic) bond motifs is 1. The van der Waals surface area contributed by atoms with Crippen LogP contribution in [0.25, 0.3) is 0 Å². The molecule has 1 aromatic heterocycles. The smallest absolute Gasteiger partial charge is 0.407 e. The summed E-state index contributed by atoms with van der Waals surface area (Å²) in [6.07, 6.45) is 2.44. The molecule has 1 heterocycles. The van der Waals surface area contributed by atoms with Gasteiger partial charge in [-0.15, -0.1) is 11.3 Å². The van der Waals surface area contributed by atoms with Crippen LogP contribution in [0.15, 0.2) is 6.07 Å². The molecule has 1 atom stereocenters. The lowest BCUT2D eigenvalue weighted by molar-refractivity contribution is 0.0500. The van der Waals surface area contributed by atoms with Crippen LogP contribution in [0.5, 0.6) is 0 Å². The van der Waals surface area contributed by atoms with E-state index in [4.69, 9.17) is 16.3 Å². The lowest BCUT2D eigenvalue weighted by atomic mass is 9.95. The average molecular weight is 288 g/mol. The van der Waals surface area contributed by atoms with E-state index in [-0.39, 0.29) is 12.1 Å². The Morgan fingerprint density at radius 2 is 2.28 bits per heavy atom. The van der Waals surface area contributed by atoms with Gasteiger partial charge in [-0.1, -0.05) is 11.6 Å². The third-order valence-electron chi connectivity index (χ3n) is 2.77. The molecule has 1 N–H and O–H groups in total. The minimum absolute atomic E-state index is 0.151. The first-order valence-electron chi connectivity index (χ1n) is 6.10. The van der Waals surface area contributed by atoms with Gasteiger partial charge in [-0.3, -0.25) is 0 Å². The van der Waals surface area contributed by atoms with Crippen molar-refractivity contribution in [1.29, 1.82) is 0 Å². The van der Waals surface area contributed by atoms with Crippen LogP contribution >= 0.6 is 22.9 Å². The van der Waals surface area contributed by atoms with Crippen molar-refractivity contribution in [3.05, 3.63) is 20.8 Å². The SMILES string of the molecule is CC(C)(C)OC(=O)NC1CCc2sc(Cl)cc2C1. The Morgan fingerprint density at radius 1 is 1.56 bits per heavy atom. The molecule has 1 aliphatic carbocycles. The first-order valence-corrected chi connectivity index (χ1v) is 7.29. The van der Waals surface area contributed by atoms with Crippen molar-refractivity contribution in [3.8, 4) is 0 Å². The predicted molar refractivity (Wildman–Crippen MR) is 74.5 cm³/mol. The Labute approximate surface area is 116 Å². The van der Waals surface area contributed by atoms with Gasteiger partial charge in [-0.05, 0) is 51.7 Å². The molecule has 0 aromatic carbocycles. The minimum Gasteiger partial charge on any atom is -0.444 e. The number of carbonyl (C=O) groups is 1. The number of amides is 1. The van der Waals surface area contributed by atoms with E-state index >= 15 is 0 Å². The standard InChI is InChI=1S/C13H18ClNO2S/c1-13(2,3)17-12(16)15-9-4-5-10-8(6-9)7-11(14)18-10/h7,9H,4-6H2,1-3H3,(H,15,16). The second-order valence-electron chi connectivity index (χ2n) is 5.58. The molecule has 5 heteroatoms. The summed E-state index contributed by atoms with van der Waals surface area (Å²) in [4.78, 5) is 13.0. The van der Waals surface area contributed by atoms with Gasteiger partial charge in [-0.25, -0.2) is 4.79 Å². The fourth-order valence-electron chi connectivity index (χ4n) is 2.08. The molecule has 1 unspecified atom stereocenters. The number of thiophene rings is 1. The molecule has 0 aliphatic heterocycles.